The number of benzene rings is 9. The molecule has 0 aliphatic rings. The minimum absolute atomic E-state index is 0. The van der Waals surface area contributed by atoms with E-state index in [1.807, 2.05) is 36.4 Å². The number of aromatic nitrogens is 5. The average Bonchev–Trinajstić information content (AvgIpc) is 3.89. The monoisotopic (exact) mass is 1050 g/mol. The van der Waals surface area contributed by atoms with Crippen LogP contribution in [-0.4, -0.2) is 24.1 Å². The summed E-state index contributed by atoms with van der Waals surface area (Å²) in [7, 11) is 0. The van der Waals surface area contributed by atoms with Crippen molar-refractivity contribution in [3.63, 3.8) is 0 Å². The first-order valence-corrected chi connectivity index (χ1v) is 21.4. The second-order valence-corrected chi connectivity index (χ2v) is 15.9. The second-order valence-electron chi connectivity index (χ2n) is 15.9. The molecule has 302 valence electrons. The van der Waals surface area contributed by atoms with Crippen molar-refractivity contribution in [3.8, 4) is 56.7 Å². The first-order valence-electron chi connectivity index (χ1n) is 21.4. The summed E-state index contributed by atoms with van der Waals surface area (Å²) in [6.45, 7) is 0. The molecular formula is C59H37N5U. The Morgan fingerprint density at radius 3 is 1.37 bits per heavy atom. The first kappa shape index (κ1) is 40.2. The fourth-order valence-corrected chi connectivity index (χ4v) is 8.99. The van der Waals surface area contributed by atoms with E-state index >= 15 is 0 Å². The van der Waals surface area contributed by atoms with Gasteiger partial charge in [0.25, 0.3) is 0 Å². The molecule has 0 spiro atoms. The fraction of sp³-hybridized carbons (Fsp3) is 0. The van der Waals surface area contributed by atoms with Gasteiger partial charge in [-0.25, -0.2) is 26.6 Å². The molecular weight excluding hydrogens is 1020 g/mol. The third-order valence-electron chi connectivity index (χ3n) is 12.0. The topological polar surface area (TPSA) is 48.5 Å². The van der Waals surface area contributed by atoms with Crippen molar-refractivity contribution in [2.24, 2.45) is 0 Å². The van der Waals surface area contributed by atoms with Crippen LogP contribution in [0.1, 0.15) is 11.1 Å². The van der Waals surface area contributed by atoms with E-state index in [-0.39, 0.29) is 31.1 Å². The Kier molecular flexibility index (Phi) is 10.6. The number of hydrogen-bond acceptors (Lipinski definition) is 3. The molecule has 0 saturated carbocycles. The van der Waals surface area contributed by atoms with Gasteiger partial charge >= 0.3 is 31.1 Å². The third kappa shape index (κ3) is 7.47. The van der Waals surface area contributed by atoms with Gasteiger partial charge in [0.15, 0.2) is 17.5 Å². The maximum Gasteiger partial charge on any atom is 2.00 e. The predicted molar refractivity (Wildman–Crippen MR) is 262 cm³/mol. The standard InChI is InChI=1S/C59H37N5.U/c1-3-16-40(17-4-1)30-31-41-32-34-43(35-33-41)57-60-58(45-21-15-20-44(36-45)42-18-5-2-6-19-42)62-59(61-57)46-37-47(63-53-26-11-7-22-49(53)50-23-8-12-27-54(50)63)39-48(38-46)64-55-28-13-9-24-51(55)52-25-10-14-29-56(52)64;/h1-16,18-30,32-39H;/q-2;+2. The normalized spacial score (nSPS) is 11.5. The SMILES string of the molecule is [C-](=Cc1[c-]cccc1)c1ccc(-c2nc(-c3cccc(-c4ccccc4)c3)nc(-c3cc(-n4c5ccccc5c5ccccc54)cc(-n4c5ccccc5c5ccccc54)c3)n2)cc1.[U+2]. The van der Waals surface area contributed by atoms with E-state index in [9.17, 15) is 0 Å². The number of fused-ring (bicyclic) bond motifs is 6. The Morgan fingerprint density at radius 1 is 0.369 bits per heavy atom. The van der Waals surface area contributed by atoms with Gasteiger partial charge in [-0.1, -0.05) is 133 Å². The van der Waals surface area contributed by atoms with Gasteiger partial charge in [0.1, 0.15) is 0 Å². The minimum Gasteiger partial charge on any atom is -0.309 e. The van der Waals surface area contributed by atoms with Gasteiger partial charge in [0, 0.05) is 49.6 Å². The van der Waals surface area contributed by atoms with Crippen LogP contribution in [-0.2, 0) is 0 Å². The molecule has 0 bridgehead atoms. The summed E-state index contributed by atoms with van der Waals surface area (Å²) >= 11 is 0. The minimum atomic E-state index is 0. The molecule has 5 nitrogen and oxygen atoms in total. The van der Waals surface area contributed by atoms with E-state index < -0.39 is 0 Å². The van der Waals surface area contributed by atoms with Crippen molar-refractivity contribution in [3.05, 3.63) is 242 Å². The van der Waals surface area contributed by atoms with E-state index in [4.69, 9.17) is 15.0 Å². The van der Waals surface area contributed by atoms with Gasteiger partial charge in [0.05, 0.1) is 22.1 Å². The van der Waals surface area contributed by atoms with Crippen molar-refractivity contribution < 1.29 is 31.1 Å². The molecule has 0 aliphatic carbocycles. The van der Waals surface area contributed by atoms with Crippen LogP contribution in [0.25, 0.3) is 106 Å². The number of para-hydroxylation sites is 4. The van der Waals surface area contributed by atoms with E-state index in [2.05, 4.69) is 209 Å². The predicted octanol–water partition coefficient (Wildman–Crippen LogP) is 14.4. The largest absolute Gasteiger partial charge is 2.00 e. The number of hydrogen-bond donors (Lipinski definition) is 0. The maximum absolute atomic E-state index is 5.35. The van der Waals surface area contributed by atoms with Crippen LogP contribution in [0.2, 0.25) is 0 Å². The molecule has 65 heavy (non-hydrogen) atoms. The zero-order valence-electron chi connectivity index (χ0n) is 35.1. The molecule has 0 N–H and O–H groups in total. The molecule has 0 atom stereocenters. The number of nitrogens with zero attached hydrogens (tertiary/aromatic N) is 5. The summed E-state index contributed by atoms with van der Waals surface area (Å²) in [4.78, 5) is 15.9. The summed E-state index contributed by atoms with van der Waals surface area (Å²) in [5.74, 6) is 1.75. The van der Waals surface area contributed by atoms with E-state index in [1.54, 1.807) is 0 Å². The van der Waals surface area contributed by atoms with Gasteiger partial charge in [-0.3, -0.25) is 0 Å². The number of rotatable bonds is 8. The van der Waals surface area contributed by atoms with Gasteiger partial charge < -0.3 is 9.13 Å². The smallest absolute Gasteiger partial charge is 0.309 e. The first-order chi connectivity index (χ1) is 31.7. The Labute approximate surface area is 400 Å². The molecule has 12 rings (SSSR count). The Morgan fingerprint density at radius 2 is 0.831 bits per heavy atom. The van der Waals surface area contributed by atoms with Crippen LogP contribution in [0, 0.1) is 43.3 Å². The molecule has 3 heterocycles. The third-order valence-corrected chi connectivity index (χ3v) is 12.0. The molecule has 9 aromatic carbocycles. The zero-order chi connectivity index (χ0) is 42.4. The summed E-state index contributed by atoms with van der Waals surface area (Å²) in [5, 5.41) is 4.79. The quantitative estimate of drug-likeness (QED) is 0.113. The molecule has 0 aliphatic heterocycles. The molecule has 0 amide bonds. The zero-order valence-corrected chi connectivity index (χ0v) is 39.3. The van der Waals surface area contributed by atoms with Crippen LogP contribution in [0.15, 0.2) is 218 Å². The molecule has 0 saturated heterocycles. The van der Waals surface area contributed by atoms with Gasteiger partial charge in [0.2, 0.25) is 0 Å². The van der Waals surface area contributed by atoms with Crippen LogP contribution < -0.4 is 0 Å². The van der Waals surface area contributed by atoms with Gasteiger partial charge in [-0.2, -0.15) is 35.9 Å². The van der Waals surface area contributed by atoms with Crippen molar-refractivity contribution in [2.75, 3.05) is 0 Å². The van der Waals surface area contributed by atoms with Crippen molar-refractivity contribution in [1.29, 1.82) is 0 Å². The molecule has 12 aromatic rings. The van der Waals surface area contributed by atoms with Gasteiger partial charge in [-0.15, -0.1) is 18.2 Å². The maximum atomic E-state index is 5.35. The van der Waals surface area contributed by atoms with Crippen LogP contribution >= 0.6 is 0 Å². The van der Waals surface area contributed by atoms with Crippen LogP contribution in [0.4, 0.5) is 0 Å². The Hall–Kier alpha value is -7.62. The second kappa shape index (κ2) is 17.2. The molecule has 0 fully saturated rings. The van der Waals surface area contributed by atoms with E-state index in [0.29, 0.717) is 17.5 Å². The summed E-state index contributed by atoms with van der Waals surface area (Å²) in [5.41, 5.74) is 13.3. The van der Waals surface area contributed by atoms with Crippen LogP contribution in [0.5, 0.6) is 0 Å². The Bertz CT molecular complexity index is 3480. The fourth-order valence-electron chi connectivity index (χ4n) is 8.99. The summed E-state index contributed by atoms with van der Waals surface area (Å²) in [6, 6.07) is 79.5. The molecule has 0 radical (unpaired) electrons. The molecule has 0 unspecified atom stereocenters. The van der Waals surface area contributed by atoms with Crippen LogP contribution in [0.3, 0.4) is 0 Å². The average molecular weight is 1050 g/mol. The van der Waals surface area contributed by atoms with E-state index in [0.717, 1.165) is 72.4 Å². The summed E-state index contributed by atoms with van der Waals surface area (Å²) < 4.78 is 4.74. The van der Waals surface area contributed by atoms with Crippen molar-refractivity contribution in [2.45, 2.75) is 0 Å². The molecule has 6 heteroatoms. The Balaban J connectivity index is 0.00000469. The van der Waals surface area contributed by atoms with Gasteiger partial charge in [-0.05, 0) is 59.7 Å². The van der Waals surface area contributed by atoms with Crippen molar-refractivity contribution >= 4 is 49.7 Å². The van der Waals surface area contributed by atoms with Crippen molar-refractivity contribution in [1.82, 2.24) is 24.1 Å². The summed E-state index contributed by atoms with van der Waals surface area (Å²) in [6.07, 6.45) is 5.36. The molecule has 3 aromatic heterocycles. The van der Waals surface area contributed by atoms with E-state index in [1.165, 1.54) is 21.5 Å².